The van der Waals surface area contributed by atoms with E-state index in [-0.39, 0.29) is 28.6 Å². The van der Waals surface area contributed by atoms with E-state index in [1.807, 2.05) is 49.4 Å². The third-order valence-electron chi connectivity index (χ3n) is 6.78. The lowest BCUT2D eigenvalue weighted by Crippen LogP contribution is -2.32. The first kappa shape index (κ1) is 26.0. The number of allylic oxidation sites excluding steroid dienone is 3. The molecule has 1 aromatic heterocycles. The van der Waals surface area contributed by atoms with Crippen molar-refractivity contribution in [2.75, 3.05) is 0 Å². The number of aromatic hydroxyl groups is 1. The van der Waals surface area contributed by atoms with Gasteiger partial charge >= 0.3 is 0 Å². The molecule has 1 unspecified atom stereocenters. The van der Waals surface area contributed by atoms with Gasteiger partial charge < -0.3 is 14.3 Å². The Morgan fingerprint density at radius 2 is 1.79 bits per heavy atom. The maximum atomic E-state index is 13.3. The first-order chi connectivity index (χ1) is 18.7. The van der Waals surface area contributed by atoms with Gasteiger partial charge in [0.2, 0.25) is 5.78 Å². The van der Waals surface area contributed by atoms with Crippen molar-refractivity contribution in [3.8, 4) is 11.5 Å². The molecule has 196 valence electrons. The summed E-state index contributed by atoms with van der Waals surface area (Å²) in [5, 5.41) is 11.4. The molecule has 0 aliphatic carbocycles. The monoisotopic (exact) mass is 518 g/mol. The number of ketones is 2. The highest BCUT2D eigenvalue weighted by Crippen LogP contribution is 2.40. The van der Waals surface area contributed by atoms with E-state index in [4.69, 9.17) is 9.15 Å². The summed E-state index contributed by atoms with van der Waals surface area (Å²) >= 11 is 0. The van der Waals surface area contributed by atoms with E-state index in [0.717, 1.165) is 29.4 Å². The number of hydrogen-bond acceptors (Lipinski definition) is 5. The molecule has 1 N–H and O–H groups in total. The van der Waals surface area contributed by atoms with Gasteiger partial charge in [-0.25, -0.2) is 0 Å². The molecule has 4 aromatic rings. The highest BCUT2D eigenvalue weighted by atomic mass is 16.5. The van der Waals surface area contributed by atoms with Crippen molar-refractivity contribution >= 4 is 34.7 Å². The van der Waals surface area contributed by atoms with Gasteiger partial charge in [0.25, 0.3) is 0 Å². The van der Waals surface area contributed by atoms with Gasteiger partial charge in [-0.1, -0.05) is 60.2 Å². The van der Waals surface area contributed by atoms with Gasteiger partial charge in [-0.3, -0.25) is 9.59 Å². The van der Waals surface area contributed by atoms with Gasteiger partial charge in [-0.05, 0) is 81.7 Å². The molecule has 2 heterocycles. The molecule has 0 radical (unpaired) electrons. The molecule has 1 aliphatic rings. The number of phenolic OH excluding ortho intramolecular Hbond substituents is 1. The number of hydrogen-bond donors (Lipinski definition) is 1. The fourth-order valence-corrected chi connectivity index (χ4v) is 4.65. The summed E-state index contributed by atoms with van der Waals surface area (Å²) in [6, 6.07) is 19.4. The summed E-state index contributed by atoms with van der Waals surface area (Å²) in [5.74, 6) is -0.0307. The number of furan rings is 1. The normalized spacial score (nSPS) is 16.2. The molecular formula is C34H30O5. The van der Waals surface area contributed by atoms with Crippen molar-refractivity contribution in [3.63, 3.8) is 0 Å². The maximum Gasteiger partial charge on any atom is 0.228 e. The van der Waals surface area contributed by atoms with Crippen LogP contribution in [0, 0.1) is 0 Å². The number of carbonyl (C=O) groups excluding carboxylic acids is 2. The second-order valence-electron chi connectivity index (χ2n) is 10.2. The Labute approximate surface area is 227 Å². The molecule has 0 saturated heterocycles. The number of carbonyl (C=O) groups is 2. The van der Waals surface area contributed by atoms with E-state index in [2.05, 4.69) is 19.9 Å². The lowest BCUT2D eigenvalue weighted by atomic mass is 9.92. The molecule has 1 atom stereocenters. The minimum Gasteiger partial charge on any atom is -0.507 e. The van der Waals surface area contributed by atoms with Crippen LogP contribution in [0.1, 0.15) is 71.2 Å². The predicted octanol–water partition coefficient (Wildman–Crippen LogP) is 8.18. The van der Waals surface area contributed by atoms with Crippen LogP contribution < -0.4 is 4.74 Å². The summed E-state index contributed by atoms with van der Waals surface area (Å²) in [6.07, 6.45) is 10.8. The minimum atomic E-state index is -0.591. The summed E-state index contributed by atoms with van der Waals surface area (Å²) in [6.45, 7) is 6.10. The zero-order chi connectivity index (χ0) is 27.6. The number of benzene rings is 3. The van der Waals surface area contributed by atoms with Gasteiger partial charge in [0.05, 0.1) is 0 Å². The van der Waals surface area contributed by atoms with Crippen LogP contribution in [0.5, 0.6) is 11.5 Å². The van der Waals surface area contributed by atoms with Gasteiger partial charge in [0.1, 0.15) is 28.2 Å². The maximum absolute atomic E-state index is 13.3. The third-order valence-corrected chi connectivity index (χ3v) is 6.78. The summed E-state index contributed by atoms with van der Waals surface area (Å²) in [4.78, 5) is 26.1. The fraction of sp³-hybridized carbons (Fsp3) is 0.176. The van der Waals surface area contributed by atoms with Gasteiger partial charge in [0.15, 0.2) is 11.5 Å². The van der Waals surface area contributed by atoms with Crippen LogP contribution in [-0.4, -0.2) is 22.3 Å². The van der Waals surface area contributed by atoms with Crippen molar-refractivity contribution in [1.82, 2.24) is 0 Å². The molecule has 5 rings (SSSR count). The van der Waals surface area contributed by atoms with Gasteiger partial charge in [-0.15, -0.1) is 0 Å². The first-order valence-corrected chi connectivity index (χ1v) is 13.0. The van der Waals surface area contributed by atoms with Crippen molar-refractivity contribution in [2.24, 2.45) is 0 Å². The van der Waals surface area contributed by atoms with E-state index in [1.165, 1.54) is 17.7 Å². The van der Waals surface area contributed by atoms with Gasteiger partial charge in [0, 0.05) is 16.5 Å². The van der Waals surface area contributed by atoms with Crippen molar-refractivity contribution < 1.29 is 23.8 Å². The Balaban J connectivity index is 1.38. The zero-order valence-electron chi connectivity index (χ0n) is 22.2. The second-order valence-corrected chi connectivity index (χ2v) is 10.2. The Kier molecular flexibility index (Phi) is 7.07. The largest absolute Gasteiger partial charge is 0.507 e. The smallest absolute Gasteiger partial charge is 0.228 e. The molecule has 39 heavy (non-hydrogen) atoms. The highest BCUT2D eigenvalue weighted by molar-refractivity contribution is 6.11. The lowest BCUT2D eigenvalue weighted by Gasteiger charge is -2.32. The predicted molar refractivity (Wildman–Crippen MR) is 154 cm³/mol. The highest BCUT2D eigenvalue weighted by Gasteiger charge is 2.31. The Bertz CT molecular complexity index is 1650. The number of phenols is 1. The van der Waals surface area contributed by atoms with Crippen LogP contribution in [0.3, 0.4) is 0 Å². The molecule has 0 amide bonds. The lowest BCUT2D eigenvalue weighted by molar-refractivity contribution is 0.100. The number of ether oxygens (including phenoxy) is 1. The van der Waals surface area contributed by atoms with Crippen molar-refractivity contribution in [2.45, 2.75) is 39.2 Å². The standard InChI is InChI=1S/C34H30O5/c1-22(2)8-7-18-34(3)19-17-25-13-15-28(36)31(33(25)39-34)27(35)14-11-23-12-16-29-26(20-23)21-30(38-29)32(37)24-9-5-4-6-10-24/h4-6,8-17,19-21,36H,7,18H2,1-3H3/b14-11+. The van der Waals surface area contributed by atoms with Crippen molar-refractivity contribution in [1.29, 1.82) is 0 Å². The zero-order valence-corrected chi connectivity index (χ0v) is 22.2. The number of fused-ring (bicyclic) bond motifs is 2. The van der Waals surface area contributed by atoms with Crippen LogP contribution in [-0.2, 0) is 0 Å². The average molecular weight is 519 g/mol. The topological polar surface area (TPSA) is 76.7 Å². The SMILES string of the molecule is CC(C)=CCCC1(C)C=Cc2ccc(O)c(C(=O)/C=C/c3ccc4oc(C(=O)c5ccccc5)cc4c3)c2O1. The van der Waals surface area contributed by atoms with Crippen LogP contribution in [0.4, 0.5) is 0 Å². The molecule has 5 heteroatoms. The van der Waals surface area contributed by atoms with Crippen LogP contribution >= 0.6 is 0 Å². The van der Waals surface area contributed by atoms with Crippen LogP contribution in [0.25, 0.3) is 23.1 Å². The molecule has 1 aliphatic heterocycles. The molecule has 0 bridgehead atoms. The molecule has 0 fully saturated rings. The second kappa shape index (κ2) is 10.6. The van der Waals surface area contributed by atoms with Crippen LogP contribution in [0.15, 0.2) is 94.9 Å². The quantitative estimate of drug-likeness (QED) is 0.145. The summed E-state index contributed by atoms with van der Waals surface area (Å²) in [7, 11) is 0. The van der Waals surface area contributed by atoms with E-state index in [0.29, 0.717) is 16.9 Å². The fourth-order valence-electron chi connectivity index (χ4n) is 4.65. The molecule has 0 spiro atoms. The minimum absolute atomic E-state index is 0.125. The van der Waals surface area contributed by atoms with E-state index >= 15 is 0 Å². The number of rotatable bonds is 8. The van der Waals surface area contributed by atoms with Crippen LogP contribution in [0.2, 0.25) is 0 Å². The Morgan fingerprint density at radius 1 is 1.00 bits per heavy atom. The van der Waals surface area contributed by atoms with E-state index in [1.54, 1.807) is 36.4 Å². The molecule has 0 saturated carbocycles. The first-order valence-electron chi connectivity index (χ1n) is 13.0. The van der Waals surface area contributed by atoms with Crippen molar-refractivity contribution in [3.05, 3.63) is 119 Å². The summed E-state index contributed by atoms with van der Waals surface area (Å²) < 4.78 is 12.1. The van der Waals surface area contributed by atoms with E-state index in [9.17, 15) is 14.7 Å². The Morgan fingerprint density at radius 3 is 2.56 bits per heavy atom. The molecule has 3 aromatic carbocycles. The summed E-state index contributed by atoms with van der Waals surface area (Å²) in [5.41, 5.74) is 3.43. The third kappa shape index (κ3) is 5.63. The Hall–Kier alpha value is -4.64. The van der Waals surface area contributed by atoms with E-state index < -0.39 is 5.60 Å². The molecule has 5 nitrogen and oxygen atoms in total. The van der Waals surface area contributed by atoms with Gasteiger partial charge in [-0.2, -0.15) is 0 Å². The average Bonchev–Trinajstić information content (AvgIpc) is 3.35. The molecular weight excluding hydrogens is 488 g/mol.